The minimum Gasteiger partial charge on any atom is -0.348 e. The van der Waals surface area contributed by atoms with Gasteiger partial charge in [-0.2, -0.15) is 0 Å². The molecule has 152 valence electrons. The molecule has 2 aromatic heterocycles. The molecule has 0 fully saturated rings. The maximum atomic E-state index is 13.7. The average molecular weight is 418 g/mol. The lowest BCUT2D eigenvalue weighted by Crippen LogP contribution is -2.25. The van der Waals surface area contributed by atoms with Gasteiger partial charge in [0, 0.05) is 40.4 Å². The van der Waals surface area contributed by atoms with Gasteiger partial charge in [-0.1, -0.05) is 36.4 Å². The van der Waals surface area contributed by atoms with Crippen LogP contribution in [0.25, 0.3) is 16.6 Å². The van der Waals surface area contributed by atoms with Crippen molar-refractivity contribution in [2.75, 3.05) is 0 Å². The summed E-state index contributed by atoms with van der Waals surface area (Å²) in [7, 11) is 0. The van der Waals surface area contributed by atoms with Crippen LogP contribution in [0.4, 0.5) is 0 Å². The van der Waals surface area contributed by atoms with Gasteiger partial charge in [0.05, 0.1) is 17.5 Å². The molecule has 0 saturated carbocycles. The Bertz CT molecular complexity index is 1280. The predicted molar refractivity (Wildman–Crippen MR) is 121 cm³/mol. The molecule has 0 saturated heterocycles. The van der Waals surface area contributed by atoms with E-state index >= 15 is 0 Å². The first-order valence-corrected chi connectivity index (χ1v) is 10.5. The number of imidazole rings is 1. The number of nitrogens with zero attached hydrogens (tertiary/aromatic N) is 2. The molecule has 5 heteroatoms. The van der Waals surface area contributed by atoms with E-state index < -0.39 is 0 Å². The fraction of sp³-hybridized carbons (Fsp3) is 0.280. The second-order valence-corrected chi connectivity index (χ2v) is 8.38. The number of carbonyl (C=O) groups is 1. The molecule has 1 aliphatic carbocycles. The number of aromatic nitrogens is 3. The van der Waals surface area contributed by atoms with Gasteiger partial charge >= 0.3 is 0 Å². The number of carbonyl (C=O) groups excluding carboxylic acids is 1. The minimum atomic E-state index is 0. The van der Waals surface area contributed by atoms with Crippen molar-refractivity contribution >= 4 is 29.1 Å². The lowest BCUT2D eigenvalue weighted by atomic mass is 9.82. The monoisotopic (exact) mass is 417 g/mol. The molecule has 3 heterocycles. The summed E-state index contributed by atoms with van der Waals surface area (Å²) in [4.78, 5) is 21.3. The zero-order valence-corrected chi connectivity index (χ0v) is 17.8. The quantitative estimate of drug-likeness (QED) is 0.489. The number of ketones is 1. The highest BCUT2D eigenvalue weighted by molar-refractivity contribution is 6.12. The molecule has 0 radical (unpaired) electrons. The normalized spacial score (nSPS) is 17.2. The van der Waals surface area contributed by atoms with Crippen molar-refractivity contribution in [3.63, 3.8) is 0 Å². The first kappa shape index (κ1) is 19.1. The summed E-state index contributed by atoms with van der Waals surface area (Å²) in [5.41, 5.74) is 9.43. The van der Waals surface area contributed by atoms with Crippen LogP contribution in [0.5, 0.6) is 0 Å². The van der Waals surface area contributed by atoms with Gasteiger partial charge in [-0.3, -0.25) is 4.79 Å². The third kappa shape index (κ3) is 2.67. The van der Waals surface area contributed by atoms with Crippen molar-refractivity contribution in [1.82, 2.24) is 14.5 Å². The first-order valence-electron chi connectivity index (χ1n) is 10.5. The maximum absolute atomic E-state index is 13.7. The number of hydrogen-bond acceptors (Lipinski definition) is 2. The van der Waals surface area contributed by atoms with Crippen LogP contribution >= 0.6 is 12.4 Å². The molecule has 4 aromatic rings. The molecule has 2 aromatic carbocycles. The Morgan fingerprint density at radius 2 is 1.87 bits per heavy atom. The standard InChI is InChI=1S/C25H23N3O.ClH/c1-15-20(27-14-26-15)13-18-11-12-22-23(25(18)29)19-7-4-6-17-10-9-16-5-2-3-8-21(16)28(22)24(17)19;/h2-8,14,18H,9-13H2,1H3,(H,26,27);1H. The Hall–Kier alpha value is -2.85. The van der Waals surface area contributed by atoms with Gasteiger partial charge in [-0.05, 0) is 49.8 Å². The molecule has 0 amide bonds. The van der Waals surface area contributed by atoms with Crippen molar-refractivity contribution in [3.05, 3.63) is 82.6 Å². The molecule has 30 heavy (non-hydrogen) atoms. The zero-order chi connectivity index (χ0) is 19.5. The van der Waals surface area contributed by atoms with Crippen molar-refractivity contribution in [2.24, 2.45) is 5.92 Å². The fourth-order valence-corrected chi connectivity index (χ4v) is 5.32. The number of halogens is 1. The fourth-order valence-electron chi connectivity index (χ4n) is 5.32. The Labute approximate surface area is 181 Å². The number of hydrogen-bond donors (Lipinski definition) is 1. The third-order valence-electron chi connectivity index (χ3n) is 6.79. The molecule has 4 nitrogen and oxygen atoms in total. The van der Waals surface area contributed by atoms with Crippen LogP contribution in [0, 0.1) is 12.8 Å². The van der Waals surface area contributed by atoms with Crippen molar-refractivity contribution in [2.45, 2.75) is 39.0 Å². The lowest BCUT2D eigenvalue weighted by molar-refractivity contribution is 0.0901. The van der Waals surface area contributed by atoms with E-state index in [4.69, 9.17) is 0 Å². The van der Waals surface area contributed by atoms with Gasteiger partial charge in [0.15, 0.2) is 5.78 Å². The van der Waals surface area contributed by atoms with E-state index in [1.54, 1.807) is 6.33 Å². The van der Waals surface area contributed by atoms with Gasteiger partial charge in [0.1, 0.15) is 0 Å². The Balaban J connectivity index is 0.00000193. The molecule has 2 aliphatic rings. The number of rotatable bonds is 2. The summed E-state index contributed by atoms with van der Waals surface area (Å²) in [5.74, 6) is 0.290. The molecule has 0 spiro atoms. The Morgan fingerprint density at radius 3 is 2.70 bits per heavy atom. The van der Waals surface area contributed by atoms with Gasteiger partial charge in [-0.25, -0.2) is 4.98 Å². The second kappa shape index (κ2) is 7.13. The summed E-state index contributed by atoms with van der Waals surface area (Å²) in [6.07, 6.45) is 6.31. The number of para-hydroxylation sites is 2. The maximum Gasteiger partial charge on any atom is 0.168 e. The molecule has 0 bridgehead atoms. The number of fused-ring (bicyclic) bond motifs is 5. The summed E-state index contributed by atoms with van der Waals surface area (Å²) in [5, 5.41) is 1.13. The SMILES string of the molecule is Cc1[nH]cnc1CC1CCc2c(c3cccc4c3n2-c2ccccc2CC4)C1=O.Cl. The van der Waals surface area contributed by atoms with Gasteiger partial charge < -0.3 is 9.55 Å². The number of Topliss-reactive ketones (excluding diaryl/α,β-unsaturated/α-hetero) is 1. The van der Waals surface area contributed by atoms with E-state index in [0.29, 0.717) is 0 Å². The zero-order valence-electron chi connectivity index (χ0n) is 16.9. The Morgan fingerprint density at radius 1 is 1.07 bits per heavy atom. The van der Waals surface area contributed by atoms with E-state index in [1.165, 1.54) is 28.0 Å². The highest BCUT2D eigenvalue weighted by atomic mass is 35.5. The largest absolute Gasteiger partial charge is 0.348 e. The molecular weight excluding hydrogens is 394 g/mol. The van der Waals surface area contributed by atoms with Gasteiger partial charge in [0.25, 0.3) is 0 Å². The number of aromatic amines is 1. The predicted octanol–water partition coefficient (Wildman–Crippen LogP) is 5.17. The topological polar surface area (TPSA) is 50.7 Å². The van der Waals surface area contributed by atoms with E-state index in [2.05, 4.69) is 57.0 Å². The van der Waals surface area contributed by atoms with Crippen LogP contribution in [0.15, 0.2) is 48.8 Å². The van der Waals surface area contributed by atoms with Gasteiger partial charge in [-0.15, -0.1) is 12.4 Å². The molecule has 1 atom stereocenters. The minimum absolute atomic E-state index is 0. The number of benzene rings is 2. The average Bonchev–Trinajstić information content (AvgIpc) is 3.24. The number of aryl methyl sites for hydroxylation is 3. The van der Waals surface area contributed by atoms with E-state index in [9.17, 15) is 4.79 Å². The summed E-state index contributed by atoms with van der Waals surface area (Å²) in [6.45, 7) is 2.03. The summed E-state index contributed by atoms with van der Waals surface area (Å²) in [6, 6.07) is 15.2. The van der Waals surface area contributed by atoms with Crippen LogP contribution in [-0.4, -0.2) is 20.3 Å². The highest BCUT2D eigenvalue weighted by Gasteiger charge is 2.35. The van der Waals surface area contributed by atoms with Crippen molar-refractivity contribution in [1.29, 1.82) is 0 Å². The molecular formula is C25H24ClN3O. The molecule has 1 aliphatic heterocycles. The third-order valence-corrected chi connectivity index (χ3v) is 6.79. The lowest BCUT2D eigenvalue weighted by Gasteiger charge is -2.23. The summed E-state index contributed by atoms with van der Waals surface area (Å²) < 4.78 is 2.40. The molecule has 1 unspecified atom stereocenters. The van der Waals surface area contributed by atoms with Crippen LogP contribution < -0.4 is 0 Å². The van der Waals surface area contributed by atoms with E-state index in [-0.39, 0.29) is 24.1 Å². The highest BCUT2D eigenvalue weighted by Crippen LogP contribution is 2.41. The van der Waals surface area contributed by atoms with Gasteiger partial charge in [0.2, 0.25) is 0 Å². The van der Waals surface area contributed by atoms with Crippen LogP contribution in [0.3, 0.4) is 0 Å². The molecule has 6 rings (SSSR count). The first-order chi connectivity index (χ1) is 14.2. The van der Waals surface area contributed by atoms with Crippen molar-refractivity contribution in [3.8, 4) is 5.69 Å². The summed E-state index contributed by atoms with van der Waals surface area (Å²) >= 11 is 0. The smallest absolute Gasteiger partial charge is 0.168 e. The Kier molecular flexibility index (Phi) is 4.55. The van der Waals surface area contributed by atoms with Crippen LogP contribution in [0.1, 0.15) is 45.0 Å². The molecule has 1 N–H and O–H groups in total. The van der Waals surface area contributed by atoms with Crippen molar-refractivity contribution < 1.29 is 4.79 Å². The van der Waals surface area contributed by atoms with E-state index in [0.717, 1.165) is 54.4 Å². The second-order valence-electron chi connectivity index (χ2n) is 8.38. The van der Waals surface area contributed by atoms with Crippen LogP contribution in [0.2, 0.25) is 0 Å². The van der Waals surface area contributed by atoms with E-state index in [1.807, 2.05) is 6.92 Å². The number of H-pyrrole nitrogens is 1. The number of nitrogens with one attached hydrogen (secondary N) is 1. The van der Waals surface area contributed by atoms with Crippen LogP contribution in [-0.2, 0) is 25.7 Å².